The first kappa shape index (κ1) is 24.3. The molecule has 1 atom stereocenters. The Balaban J connectivity index is 1.86. The molecule has 0 bridgehead atoms. The zero-order valence-corrected chi connectivity index (χ0v) is 20.4. The molecule has 168 valence electrons. The third-order valence-electron chi connectivity index (χ3n) is 4.52. The van der Waals surface area contributed by atoms with Crippen LogP contribution in [0.4, 0.5) is 5.69 Å². The number of carbonyl (C=O) groups is 1. The second-order valence-corrected chi connectivity index (χ2v) is 9.92. The largest absolute Gasteiger partial charge is 0.492 e. The number of nitrogens with one attached hydrogen (secondary N) is 2. The molecule has 3 aromatic carbocycles. The van der Waals surface area contributed by atoms with E-state index in [-0.39, 0.29) is 16.3 Å². The molecule has 0 radical (unpaired) electrons. The van der Waals surface area contributed by atoms with E-state index >= 15 is 0 Å². The first-order chi connectivity index (χ1) is 15.3. The van der Waals surface area contributed by atoms with E-state index in [9.17, 15) is 13.2 Å². The summed E-state index contributed by atoms with van der Waals surface area (Å²) in [5, 5.41) is 2.94. The fourth-order valence-corrected chi connectivity index (χ4v) is 4.76. The van der Waals surface area contributed by atoms with Gasteiger partial charge in [-0.3, -0.25) is 4.79 Å². The molecule has 1 amide bonds. The summed E-state index contributed by atoms with van der Waals surface area (Å²) in [6.45, 7) is 2.21. The molecule has 0 heterocycles. The van der Waals surface area contributed by atoms with Gasteiger partial charge in [0.25, 0.3) is 0 Å². The highest BCUT2D eigenvalue weighted by Gasteiger charge is 2.27. The third kappa shape index (κ3) is 6.56. The molecule has 0 spiro atoms. The molecular weight excluding hydrogens is 516 g/mol. The normalized spacial score (nSPS) is 12.2. The Bertz CT molecular complexity index is 1170. The van der Waals surface area contributed by atoms with Crippen LogP contribution in [-0.4, -0.2) is 27.0 Å². The van der Waals surface area contributed by atoms with Crippen molar-refractivity contribution in [2.24, 2.45) is 0 Å². The monoisotopic (exact) mass is 536 g/mol. The molecular formula is C23H22BrClN2O4S. The van der Waals surface area contributed by atoms with E-state index in [0.29, 0.717) is 18.0 Å². The van der Waals surface area contributed by atoms with E-state index in [1.807, 2.05) is 30.3 Å². The van der Waals surface area contributed by atoms with Gasteiger partial charge in [0.15, 0.2) is 0 Å². The van der Waals surface area contributed by atoms with Crippen molar-refractivity contribution in [3.8, 4) is 5.75 Å². The van der Waals surface area contributed by atoms with Crippen molar-refractivity contribution < 1.29 is 17.9 Å². The van der Waals surface area contributed by atoms with E-state index in [4.69, 9.17) is 16.3 Å². The summed E-state index contributed by atoms with van der Waals surface area (Å²) in [6, 6.07) is 19.4. The van der Waals surface area contributed by atoms with Crippen LogP contribution in [0.25, 0.3) is 0 Å². The number of hydrogen-bond donors (Lipinski definition) is 2. The number of hydrogen-bond acceptors (Lipinski definition) is 4. The Morgan fingerprint density at radius 2 is 1.75 bits per heavy atom. The van der Waals surface area contributed by atoms with Crippen LogP contribution in [0.5, 0.6) is 5.75 Å². The Morgan fingerprint density at radius 3 is 2.38 bits per heavy atom. The van der Waals surface area contributed by atoms with Crippen molar-refractivity contribution in [1.82, 2.24) is 4.72 Å². The zero-order chi connectivity index (χ0) is 23.1. The van der Waals surface area contributed by atoms with E-state index in [0.717, 1.165) is 10.0 Å². The number of benzene rings is 3. The quantitative estimate of drug-likeness (QED) is 0.401. The highest BCUT2D eigenvalue weighted by molar-refractivity contribution is 9.10. The van der Waals surface area contributed by atoms with Gasteiger partial charge in [0.1, 0.15) is 11.8 Å². The molecule has 0 aliphatic carbocycles. The fourth-order valence-electron chi connectivity index (χ4n) is 2.98. The van der Waals surface area contributed by atoms with Crippen LogP contribution in [-0.2, 0) is 21.2 Å². The van der Waals surface area contributed by atoms with Crippen molar-refractivity contribution in [2.75, 3.05) is 11.9 Å². The Hall–Kier alpha value is -2.39. The second kappa shape index (κ2) is 11.0. The van der Waals surface area contributed by atoms with Crippen molar-refractivity contribution in [2.45, 2.75) is 24.3 Å². The minimum Gasteiger partial charge on any atom is -0.492 e. The maximum absolute atomic E-state index is 13.1. The zero-order valence-electron chi connectivity index (χ0n) is 17.2. The lowest BCUT2D eigenvalue weighted by Gasteiger charge is -2.19. The Morgan fingerprint density at radius 1 is 1.06 bits per heavy atom. The van der Waals surface area contributed by atoms with E-state index in [2.05, 4.69) is 26.0 Å². The summed E-state index contributed by atoms with van der Waals surface area (Å²) in [4.78, 5) is 13.0. The predicted octanol–water partition coefficient (Wildman–Crippen LogP) is 5.03. The molecule has 2 N–H and O–H groups in total. The molecule has 0 aliphatic rings. The Kier molecular flexibility index (Phi) is 8.31. The van der Waals surface area contributed by atoms with Crippen molar-refractivity contribution in [1.29, 1.82) is 0 Å². The Labute approximate surface area is 201 Å². The van der Waals surface area contributed by atoms with Gasteiger partial charge in [-0.1, -0.05) is 57.9 Å². The third-order valence-corrected chi connectivity index (χ3v) is 6.82. The van der Waals surface area contributed by atoms with E-state index in [1.54, 1.807) is 31.2 Å². The summed E-state index contributed by atoms with van der Waals surface area (Å²) < 4.78 is 34.9. The molecule has 3 aromatic rings. The number of anilines is 1. The fraction of sp³-hybridized carbons (Fsp3) is 0.174. The lowest BCUT2D eigenvalue weighted by Crippen LogP contribution is -2.45. The average molecular weight is 538 g/mol. The van der Waals surface area contributed by atoms with Crippen LogP contribution >= 0.6 is 27.5 Å². The number of sulfonamides is 1. The lowest BCUT2D eigenvalue weighted by molar-refractivity contribution is -0.117. The first-order valence-corrected chi connectivity index (χ1v) is 12.5. The predicted molar refractivity (Wildman–Crippen MR) is 130 cm³/mol. The van der Waals surface area contributed by atoms with Crippen LogP contribution in [0, 0.1) is 0 Å². The molecule has 6 nitrogen and oxygen atoms in total. The second-order valence-electron chi connectivity index (χ2n) is 6.88. The van der Waals surface area contributed by atoms with Crippen molar-refractivity contribution in [3.05, 3.63) is 87.9 Å². The number of ether oxygens (including phenoxy) is 1. The number of halogens is 2. The van der Waals surface area contributed by atoms with Gasteiger partial charge in [0, 0.05) is 10.2 Å². The van der Waals surface area contributed by atoms with Crippen molar-refractivity contribution >= 4 is 49.1 Å². The van der Waals surface area contributed by atoms with Gasteiger partial charge in [-0.05, 0) is 61.4 Å². The van der Waals surface area contributed by atoms with Crippen LogP contribution in [0.15, 0.2) is 82.2 Å². The van der Waals surface area contributed by atoms with Crippen LogP contribution < -0.4 is 14.8 Å². The van der Waals surface area contributed by atoms with Gasteiger partial charge in [-0.15, -0.1) is 0 Å². The highest BCUT2D eigenvalue weighted by Crippen LogP contribution is 2.27. The minimum absolute atomic E-state index is 0.0551. The molecule has 0 saturated carbocycles. The average Bonchev–Trinajstić information content (AvgIpc) is 2.77. The maximum Gasteiger partial charge on any atom is 0.242 e. The van der Waals surface area contributed by atoms with Gasteiger partial charge in [0.2, 0.25) is 15.9 Å². The molecule has 3 rings (SSSR count). The molecule has 1 unspecified atom stereocenters. The molecule has 0 aliphatic heterocycles. The van der Waals surface area contributed by atoms with E-state index in [1.165, 1.54) is 18.2 Å². The summed E-state index contributed by atoms with van der Waals surface area (Å²) >= 11 is 9.51. The summed E-state index contributed by atoms with van der Waals surface area (Å²) in [7, 11) is -4.04. The van der Waals surface area contributed by atoms with Gasteiger partial charge < -0.3 is 10.1 Å². The SMILES string of the molecule is CCOc1ccc(S(=O)(=O)NC(Cc2ccccc2)C(=O)Nc2ccc(Br)cc2)cc1Cl. The number of amides is 1. The number of rotatable bonds is 9. The lowest BCUT2D eigenvalue weighted by atomic mass is 10.1. The van der Waals surface area contributed by atoms with Crippen LogP contribution in [0.2, 0.25) is 5.02 Å². The molecule has 0 aromatic heterocycles. The maximum atomic E-state index is 13.1. The molecule has 0 fully saturated rings. The number of carbonyl (C=O) groups excluding carboxylic acids is 1. The smallest absolute Gasteiger partial charge is 0.242 e. The summed E-state index contributed by atoms with van der Waals surface area (Å²) in [5.74, 6) is -0.0845. The van der Waals surface area contributed by atoms with Gasteiger partial charge >= 0.3 is 0 Å². The topological polar surface area (TPSA) is 84.5 Å². The van der Waals surface area contributed by atoms with E-state index < -0.39 is 22.0 Å². The van der Waals surface area contributed by atoms with Crippen molar-refractivity contribution in [3.63, 3.8) is 0 Å². The summed E-state index contributed by atoms with van der Waals surface area (Å²) in [6.07, 6.45) is 0.174. The standard InChI is InChI=1S/C23H22BrClN2O4S/c1-2-31-22-13-12-19(15-20(22)25)32(29,30)27-21(14-16-6-4-3-5-7-16)23(28)26-18-10-8-17(24)9-11-18/h3-13,15,21,27H,2,14H2,1H3,(H,26,28). The van der Waals surface area contributed by atoms with Crippen LogP contribution in [0.1, 0.15) is 12.5 Å². The highest BCUT2D eigenvalue weighted by atomic mass is 79.9. The van der Waals surface area contributed by atoms with Gasteiger partial charge in [-0.2, -0.15) is 4.72 Å². The van der Waals surface area contributed by atoms with Gasteiger partial charge in [0.05, 0.1) is 16.5 Å². The van der Waals surface area contributed by atoms with Gasteiger partial charge in [-0.25, -0.2) is 8.42 Å². The molecule has 0 saturated heterocycles. The van der Waals surface area contributed by atoms with Crippen LogP contribution in [0.3, 0.4) is 0 Å². The summed E-state index contributed by atoms with van der Waals surface area (Å²) in [5.41, 5.74) is 1.37. The molecule has 9 heteroatoms. The minimum atomic E-state index is -4.04. The first-order valence-electron chi connectivity index (χ1n) is 9.83. The molecule has 32 heavy (non-hydrogen) atoms.